The minimum absolute atomic E-state index is 0.0741. The Hall–Kier alpha value is -3.00. The number of methoxy groups -OCH3 is 1. The van der Waals surface area contributed by atoms with E-state index in [0.29, 0.717) is 22.7 Å². The Bertz CT molecular complexity index is 865. The van der Waals surface area contributed by atoms with Crippen molar-refractivity contribution in [2.45, 2.75) is 11.8 Å². The molecule has 0 aliphatic heterocycles. The molecule has 2 rings (SSSR count). The maximum atomic E-state index is 12.1. The van der Waals surface area contributed by atoms with Crippen LogP contribution in [0.15, 0.2) is 47.4 Å². The highest BCUT2D eigenvalue weighted by Gasteiger charge is 2.11. The van der Waals surface area contributed by atoms with E-state index in [2.05, 4.69) is 5.32 Å². The summed E-state index contributed by atoms with van der Waals surface area (Å²) in [6.45, 7) is 1.24. The molecule has 0 aliphatic carbocycles. The van der Waals surface area contributed by atoms with Gasteiger partial charge in [0.1, 0.15) is 0 Å². The average molecular weight is 402 g/mol. The van der Waals surface area contributed by atoms with Crippen LogP contribution in [0.2, 0.25) is 0 Å². The molecular formula is C20H22N2O5S. The van der Waals surface area contributed by atoms with E-state index in [-0.39, 0.29) is 23.5 Å². The van der Waals surface area contributed by atoms with Gasteiger partial charge in [-0.2, -0.15) is 0 Å². The highest BCUT2D eigenvalue weighted by Crippen LogP contribution is 2.28. The molecule has 0 saturated heterocycles. The van der Waals surface area contributed by atoms with Crippen molar-refractivity contribution in [3.05, 3.63) is 48.0 Å². The maximum absolute atomic E-state index is 12.1. The molecular weight excluding hydrogens is 380 g/mol. The van der Waals surface area contributed by atoms with Crippen molar-refractivity contribution in [1.82, 2.24) is 4.90 Å². The molecule has 0 aliphatic rings. The molecule has 7 nitrogen and oxygen atoms in total. The van der Waals surface area contributed by atoms with Gasteiger partial charge in [0, 0.05) is 30.2 Å². The van der Waals surface area contributed by atoms with E-state index < -0.39 is 0 Å². The van der Waals surface area contributed by atoms with Crippen LogP contribution in [0, 0.1) is 0 Å². The van der Waals surface area contributed by atoms with Crippen LogP contribution in [-0.4, -0.2) is 49.6 Å². The zero-order valence-electron chi connectivity index (χ0n) is 16.1. The SMILES string of the molecule is COc1cc(C(C)=O)ccc1OCC(=O)Nc1ccc(SC(=O)N(C)C)cc1. The van der Waals surface area contributed by atoms with Crippen molar-refractivity contribution >= 4 is 34.4 Å². The minimum atomic E-state index is -0.345. The summed E-state index contributed by atoms with van der Waals surface area (Å²) < 4.78 is 10.7. The number of nitrogens with one attached hydrogen (secondary N) is 1. The van der Waals surface area contributed by atoms with Crippen LogP contribution in [0.25, 0.3) is 0 Å². The largest absolute Gasteiger partial charge is 0.493 e. The minimum Gasteiger partial charge on any atom is -0.493 e. The van der Waals surface area contributed by atoms with Gasteiger partial charge in [-0.15, -0.1) is 0 Å². The first-order valence-corrected chi connectivity index (χ1v) is 9.22. The zero-order chi connectivity index (χ0) is 20.7. The lowest BCUT2D eigenvalue weighted by Crippen LogP contribution is -2.20. The standard InChI is InChI=1S/C20H22N2O5S/c1-13(23)14-5-10-17(18(11-14)26-4)27-12-19(24)21-15-6-8-16(9-7-15)28-20(25)22(2)3/h5-11H,12H2,1-4H3,(H,21,24). The summed E-state index contributed by atoms with van der Waals surface area (Å²) >= 11 is 1.11. The van der Waals surface area contributed by atoms with E-state index in [1.54, 1.807) is 56.6 Å². The molecule has 2 amide bonds. The second-order valence-electron chi connectivity index (χ2n) is 6.05. The fourth-order valence-corrected chi connectivity index (χ4v) is 2.80. The summed E-state index contributed by atoms with van der Waals surface area (Å²) in [6, 6.07) is 11.7. The zero-order valence-corrected chi connectivity index (χ0v) is 17.0. The number of Topliss-reactive ketones (excluding diaryl/α,β-unsaturated/α-hetero) is 1. The maximum Gasteiger partial charge on any atom is 0.285 e. The van der Waals surface area contributed by atoms with Crippen LogP contribution in [-0.2, 0) is 4.79 Å². The summed E-state index contributed by atoms with van der Waals surface area (Å²) in [7, 11) is 4.84. The normalized spacial score (nSPS) is 10.1. The van der Waals surface area contributed by atoms with Gasteiger partial charge in [0.2, 0.25) is 0 Å². The van der Waals surface area contributed by atoms with E-state index in [4.69, 9.17) is 9.47 Å². The lowest BCUT2D eigenvalue weighted by molar-refractivity contribution is -0.118. The number of amides is 2. The molecule has 8 heteroatoms. The molecule has 0 bridgehead atoms. The second-order valence-corrected chi connectivity index (χ2v) is 7.07. The number of hydrogen-bond donors (Lipinski definition) is 1. The van der Waals surface area contributed by atoms with Gasteiger partial charge >= 0.3 is 0 Å². The smallest absolute Gasteiger partial charge is 0.285 e. The molecule has 0 heterocycles. The molecule has 0 fully saturated rings. The number of rotatable bonds is 7. The average Bonchev–Trinajstić information content (AvgIpc) is 2.67. The molecule has 0 atom stereocenters. The first kappa shape index (κ1) is 21.3. The number of thioether (sulfide) groups is 1. The first-order chi connectivity index (χ1) is 13.3. The Balaban J connectivity index is 1.92. The predicted molar refractivity (Wildman–Crippen MR) is 109 cm³/mol. The Morgan fingerprint density at radius 1 is 1.04 bits per heavy atom. The van der Waals surface area contributed by atoms with E-state index in [0.717, 1.165) is 16.7 Å². The molecule has 0 aromatic heterocycles. The Labute approximate surface area is 168 Å². The third-order valence-electron chi connectivity index (χ3n) is 3.64. The summed E-state index contributed by atoms with van der Waals surface area (Å²) in [5, 5.41) is 2.64. The van der Waals surface area contributed by atoms with Gasteiger partial charge in [0.15, 0.2) is 23.9 Å². The van der Waals surface area contributed by atoms with Gasteiger partial charge in [0.25, 0.3) is 11.1 Å². The van der Waals surface area contributed by atoms with Crippen molar-refractivity contribution in [1.29, 1.82) is 0 Å². The van der Waals surface area contributed by atoms with E-state index in [1.807, 2.05) is 0 Å². The Morgan fingerprint density at radius 3 is 2.29 bits per heavy atom. The second kappa shape index (κ2) is 9.80. The molecule has 0 radical (unpaired) electrons. The monoisotopic (exact) mass is 402 g/mol. The fourth-order valence-electron chi connectivity index (χ4n) is 2.14. The van der Waals surface area contributed by atoms with E-state index >= 15 is 0 Å². The van der Waals surface area contributed by atoms with Crippen molar-refractivity contribution in [2.24, 2.45) is 0 Å². The van der Waals surface area contributed by atoms with Gasteiger partial charge in [-0.05, 0) is 61.2 Å². The number of ketones is 1. The molecule has 2 aromatic carbocycles. The highest BCUT2D eigenvalue weighted by molar-refractivity contribution is 8.13. The van der Waals surface area contributed by atoms with Gasteiger partial charge < -0.3 is 19.7 Å². The third kappa shape index (κ3) is 6.02. The van der Waals surface area contributed by atoms with Gasteiger partial charge in [-0.3, -0.25) is 14.4 Å². The van der Waals surface area contributed by atoms with Gasteiger partial charge in [-0.1, -0.05) is 0 Å². The Kier molecular flexibility index (Phi) is 7.45. The number of benzene rings is 2. The van der Waals surface area contributed by atoms with E-state index in [1.165, 1.54) is 18.9 Å². The summed E-state index contributed by atoms with van der Waals surface area (Å²) in [4.78, 5) is 37.5. The molecule has 2 aromatic rings. The Morgan fingerprint density at radius 2 is 1.71 bits per heavy atom. The summed E-state index contributed by atoms with van der Waals surface area (Å²) in [6.07, 6.45) is 0. The van der Waals surface area contributed by atoms with Gasteiger partial charge in [-0.25, -0.2) is 0 Å². The van der Waals surface area contributed by atoms with Crippen LogP contribution >= 0.6 is 11.8 Å². The van der Waals surface area contributed by atoms with Crippen LogP contribution in [0.5, 0.6) is 11.5 Å². The summed E-state index contributed by atoms with van der Waals surface area (Å²) in [5.41, 5.74) is 1.09. The number of carbonyl (C=O) groups excluding carboxylic acids is 3. The van der Waals surface area contributed by atoms with Crippen LogP contribution in [0.4, 0.5) is 10.5 Å². The molecule has 1 N–H and O–H groups in total. The first-order valence-electron chi connectivity index (χ1n) is 8.41. The number of anilines is 1. The van der Waals surface area contributed by atoms with Crippen molar-refractivity contribution in [2.75, 3.05) is 33.1 Å². The molecule has 28 heavy (non-hydrogen) atoms. The topological polar surface area (TPSA) is 84.9 Å². The van der Waals surface area contributed by atoms with Crippen molar-refractivity contribution < 1.29 is 23.9 Å². The predicted octanol–water partition coefficient (Wildman–Crippen LogP) is 3.69. The molecule has 0 unspecified atom stereocenters. The quantitative estimate of drug-likeness (QED) is 0.562. The summed E-state index contributed by atoms with van der Waals surface area (Å²) in [5.74, 6) is 0.322. The van der Waals surface area contributed by atoms with Gasteiger partial charge in [0.05, 0.1) is 7.11 Å². The lowest BCUT2D eigenvalue weighted by Gasteiger charge is -2.12. The number of hydrogen-bond acceptors (Lipinski definition) is 6. The van der Waals surface area contributed by atoms with Crippen LogP contribution in [0.1, 0.15) is 17.3 Å². The lowest BCUT2D eigenvalue weighted by atomic mass is 10.1. The van der Waals surface area contributed by atoms with Crippen molar-refractivity contribution in [3.8, 4) is 11.5 Å². The van der Waals surface area contributed by atoms with Crippen molar-refractivity contribution in [3.63, 3.8) is 0 Å². The van der Waals surface area contributed by atoms with Crippen LogP contribution in [0.3, 0.4) is 0 Å². The fraction of sp³-hybridized carbons (Fsp3) is 0.250. The number of ether oxygens (including phenoxy) is 2. The molecule has 0 saturated carbocycles. The molecule has 148 valence electrons. The third-order valence-corrected chi connectivity index (χ3v) is 4.68. The highest BCUT2D eigenvalue weighted by atomic mass is 32.2. The number of nitrogens with zero attached hydrogens (tertiary/aromatic N) is 1. The van der Waals surface area contributed by atoms with E-state index in [9.17, 15) is 14.4 Å². The van der Waals surface area contributed by atoms with Crippen LogP contribution < -0.4 is 14.8 Å². The number of carbonyl (C=O) groups is 3. The molecule has 0 spiro atoms.